The third-order valence-electron chi connectivity index (χ3n) is 3.90. The van der Waals surface area contributed by atoms with Gasteiger partial charge in [0.05, 0.1) is 0 Å². The molecule has 1 atom stereocenters. The monoisotopic (exact) mass is 215 g/mol. The number of benzene rings is 1. The zero-order chi connectivity index (χ0) is 11.0. The minimum Gasteiger partial charge on any atom is -0.300 e. The van der Waals surface area contributed by atoms with Crippen LogP contribution in [0, 0.1) is 0 Å². The van der Waals surface area contributed by atoms with Crippen molar-refractivity contribution in [2.45, 2.75) is 31.7 Å². The Hall–Kier alpha value is -1.15. The van der Waals surface area contributed by atoms with Crippen LogP contribution in [0.5, 0.6) is 0 Å². The minimum absolute atomic E-state index is 0.433. The third-order valence-corrected chi connectivity index (χ3v) is 3.90. The molecular formula is C14H17NO. The van der Waals surface area contributed by atoms with Gasteiger partial charge in [-0.15, -0.1) is 0 Å². The van der Waals surface area contributed by atoms with E-state index in [2.05, 4.69) is 29.2 Å². The van der Waals surface area contributed by atoms with E-state index in [1.54, 1.807) is 0 Å². The van der Waals surface area contributed by atoms with Crippen molar-refractivity contribution in [2.24, 2.45) is 0 Å². The number of hydrogen-bond acceptors (Lipinski definition) is 2. The molecule has 0 radical (unpaired) electrons. The molecule has 2 nitrogen and oxygen atoms in total. The second-order valence-corrected chi connectivity index (χ2v) is 4.83. The van der Waals surface area contributed by atoms with Gasteiger partial charge in [0, 0.05) is 32.0 Å². The highest BCUT2D eigenvalue weighted by atomic mass is 16.1. The Balaban J connectivity index is 1.80. The van der Waals surface area contributed by atoms with Gasteiger partial charge in [-0.3, -0.25) is 9.69 Å². The molecule has 1 aliphatic carbocycles. The van der Waals surface area contributed by atoms with Crippen LogP contribution in [-0.2, 0) is 11.2 Å². The summed E-state index contributed by atoms with van der Waals surface area (Å²) >= 11 is 0. The maximum Gasteiger partial charge on any atom is 0.135 e. The smallest absolute Gasteiger partial charge is 0.135 e. The normalized spacial score (nSPS) is 25.8. The van der Waals surface area contributed by atoms with Crippen molar-refractivity contribution in [3.05, 3.63) is 35.4 Å². The molecule has 0 N–H and O–H groups in total. The predicted molar refractivity (Wildman–Crippen MR) is 63.3 cm³/mol. The maximum atomic E-state index is 11.2. The van der Waals surface area contributed by atoms with Gasteiger partial charge in [-0.05, 0) is 24.0 Å². The summed E-state index contributed by atoms with van der Waals surface area (Å²) < 4.78 is 0. The lowest BCUT2D eigenvalue weighted by Gasteiger charge is -2.32. The second kappa shape index (κ2) is 4.02. The topological polar surface area (TPSA) is 20.3 Å². The first-order chi connectivity index (χ1) is 7.84. The van der Waals surface area contributed by atoms with Crippen LogP contribution in [0.25, 0.3) is 0 Å². The van der Waals surface area contributed by atoms with Crippen LogP contribution < -0.4 is 0 Å². The van der Waals surface area contributed by atoms with Gasteiger partial charge in [-0.25, -0.2) is 0 Å². The van der Waals surface area contributed by atoms with Crippen LogP contribution in [0.2, 0.25) is 0 Å². The molecule has 16 heavy (non-hydrogen) atoms. The predicted octanol–water partition coefficient (Wildman–Crippen LogP) is 2.34. The Bertz CT molecular complexity index is 403. The Morgan fingerprint density at radius 1 is 1.06 bits per heavy atom. The summed E-state index contributed by atoms with van der Waals surface area (Å²) in [6.45, 7) is 1.91. The average Bonchev–Trinajstić information content (AvgIpc) is 2.74. The number of carbonyl (C=O) groups excluding carboxylic acids is 1. The second-order valence-electron chi connectivity index (χ2n) is 4.83. The Morgan fingerprint density at radius 2 is 1.81 bits per heavy atom. The molecule has 0 bridgehead atoms. The molecule has 3 rings (SSSR count). The minimum atomic E-state index is 0.433. The molecule has 84 valence electrons. The number of fused-ring (bicyclic) bond motifs is 1. The first kappa shape index (κ1) is 10.0. The van der Waals surface area contributed by atoms with Crippen molar-refractivity contribution < 1.29 is 4.79 Å². The Labute approximate surface area is 96.3 Å². The van der Waals surface area contributed by atoms with Crippen molar-refractivity contribution in [1.82, 2.24) is 4.90 Å². The number of carbonyl (C=O) groups is 1. The highest BCUT2D eigenvalue weighted by Crippen LogP contribution is 2.36. The van der Waals surface area contributed by atoms with Gasteiger partial charge in [0.2, 0.25) is 0 Å². The van der Waals surface area contributed by atoms with Gasteiger partial charge in [0.1, 0.15) is 5.78 Å². The van der Waals surface area contributed by atoms with E-state index in [4.69, 9.17) is 0 Å². The average molecular weight is 215 g/mol. The van der Waals surface area contributed by atoms with Gasteiger partial charge in [0.15, 0.2) is 0 Å². The molecule has 0 spiro atoms. The molecule has 1 aliphatic heterocycles. The number of ketones is 1. The molecule has 2 heteroatoms. The number of piperidine rings is 1. The molecule has 1 saturated heterocycles. The van der Waals surface area contributed by atoms with Crippen LogP contribution >= 0.6 is 0 Å². The fourth-order valence-electron chi connectivity index (χ4n) is 3.00. The van der Waals surface area contributed by atoms with E-state index in [1.807, 2.05) is 0 Å². The van der Waals surface area contributed by atoms with Crippen LogP contribution in [0.15, 0.2) is 24.3 Å². The van der Waals surface area contributed by atoms with Crippen molar-refractivity contribution in [3.63, 3.8) is 0 Å². The fraction of sp³-hybridized carbons (Fsp3) is 0.500. The van der Waals surface area contributed by atoms with Gasteiger partial charge < -0.3 is 0 Å². The molecular weight excluding hydrogens is 198 g/mol. The molecule has 1 aromatic carbocycles. The van der Waals surface area contributed by atoms with Gasteiger partial charge in [-0.1, -0.05) is 24.3 Å². The largest absolute Gasteiger partial charge is 0.300 e. The zero-order valence-corrected chi connectivity index (χ0v) is 9.48. The first-order valence-corrected chi connectivity index (χ1v) is 6.18. The zero-order valence-electron chi connectivity index (χ0n) is 9.48. The summed E-state index contributed by atoms with van der Waals surface area (Å²) in [6.07, 6.45) is 3.93. The number of Topliss-reactive ketones (excluding diaryl/α,β-unsaturated/α-hetero) is 1. The molecule has 0 amide bonds. The van der Waals surface area contributed by atoms with Crippen LogP contribution in [-0.4, -0.2) is 23.8 Å². The molecule has 1 aromatic rings. The number of hydrogen-bond donors (Lipinski definition) is 0. The molecule has 1 fully saturated rings. The highest BCUT2D eigenvalue weighted by molar-refractivity contribution is 5.79. The van der Waals surface area contributed by atoms with Crippen LogP contribution in [0.3, 0.4) is 0 Å². The van der Waals surface area contributed by atoms with Gasteiger partial charge >= 0.3 is 0 Å². The van der Waals surface area contributed by atoms with E-state index in [9.17, 15) is 4.79 Å². The summed E-state index contributed by atoms with van der Waals surface area (Å²) in [7, 11) is 0. The van der Waals surface area contributed by atoms with Gasteiger partial charge in [-0.2, -0.15) is 0 Å². The van der Waals surface area contributed by atoms with Gasteiger partial charge in [0.25, 0.3) is 0 Å². The molecule has 2 aliphatic rings. The number of likely N-dealkylation sites (tertiary alicyclic amines) is 1. The van der Waals surface area contributed by atoms with Crippen molar-refractivity contribution >= 4 is 5.78 Å². The van der Waals surface area contributed by atoms with E-state index in [0.29, 0.717) is 11.8 Å². The molecule has 0 aromatic heterocycles. The SMILES string of the molecule is O=C1CCN([C@@H]2CCc3ccccc32)CC1. The quantitative estimate of drug-likeness (QED) is 0.716. The van der Waals surface area contributed by atoms with E-state index in [-0.39, 0.29) is 0 Å². The standard InChI is InChI=1S/C14H17NO/c16-12-7-9-15(10-8-12)14-6-5-11-3-1-2-4-13(11)14/h1-4,14H,5-10H2/t14-/m1/s1. The molecule has 0 saturated carbocycles. The summed E-state index contributed by atoms with van der Waals surface area (Å²) in [5.41, 5.74) is 3.00. The van der Waals surface area contributed by atoms with Crippen molar-refractivity contribution in [1.29, 1.82) is 0 Å². The fourth-order valence-corrected chi connectivity index (χ4v) is 3.00. The maximum absolute atomic E-state index is 11.2. The lowest BCUT2D eigenvalue weighted by Crippen LogP contribution is -2.36. The van der Waals surface area contributed by atoms with Crippen molar-refractivity contribution in [3.8, 4) is 0 Å². The van der Waals surface area contributed by atoms with E-state index < -0.39 is 0 Å². The summed E-state index contributed by atoms with van der Waals surface area (Å²) in [5, 5.41) is 0. The lowest BCUT2D eigenvalue weighted by molar-refractivity contribution is -0.121. The number of rotatable bonds is 1. The number of aryl methyl sites for hydroxylation is 1. The van der Waals surface area contributed by atoms with Crippen LogP contribution in [0.4, 0.5) is 0 Å². The lowest BCUT2D eigenvalue weighted by atomic mass is 10.0. The van der Waals surface area contributed by atoms with Crippen molar-refractivity contribution in [2.75, 3.05) is 13.1 Å². The Morgan fingerprint density at radius 3 is 2.62 bits per heavy atom. The van der Waals surface area contributed by atoms with Crippen LogP contribution in [0.1, 0.15) is 36.4 Å². The third kappa shape index (κ3) is 1.67. The first-order valence-electron chi connectivity index (χ1n) is 6.18. The van der Waals surface area contributed by atoms with E-state index in [1.165, 1.54) is 24.0 Å². The van der Waals surface area contributed by atoms with E-state index in [0.717, 1.165) is 25.9 Å². The molecule has 1 heterocycles. The number of nitrogens with zero attached hydrogens (tertiary/aromatic N) is 1. The summed E-state index contributed by atoms with van der Waals surface area (Å²) in [6, 6.07) is 9.32. The molecule has 0 unspecified atom stereocenters. The highest BCUT2D eigenvalue weighted by Gasteiger charge is 2.29. The summed E-state index contributed by atoms with van der Waals surface area (Å²) in [4.78, 5) is 13.7. The Kier molecular flexibility index (Phi) is 2.52. The summed E-state index contributed by atoms with van der Waals surface area (Å²) in [5.74, 6) is 0.433. The van der Waals surface area contributed by atoms with E-state index >= 15 is 0 Å².